The Morgan fingerprint density at radius 3 is 2.38 bits per heavy atom. The molecule has 4 nitrogen and oxygen atoms in total. The van der Waals surface area contributed by atoms with E-state index in [0.29, 0.717) is 10.8 Å². The molecule has 0 bridgehead atoms. The predicted molar refractivity (Wildman–Crippen MR) is 88.9 cm³/mol. The highest BCUT2D eigenvalue weighted by atomic mass is 32.1. The average molecular weight is 310 g/mol. The monoisotopic (exact) mass is 310 g/mol. The molecule has 0 aromatic carbocycles. The lowest BCUT2D eigenvalue weighted by molar-refractivity contribution is -0.123. The maximum atomic E-state index is 12.4. The summed E-state index contributed by atoms with van der Waals surface area (Å²) < 4.78 is 0. The van der Waals surface area contributed by atoms with Gasteiger partial charge in [0.05, 0.1) is 9.88 Å². The normalized spacial score (nSPS) is 11.6. The van der Waals surface area contributed by atoms with Gasteiger partial charge in [-0.15, -0.1) is 11.3 Å². The van der Waals surface area contributed by atoms with E-state index in [1.807, 2.05) is 40.8 Å². The number of hydrogen-bond donors (Lipinski definition) is 1. The smallest absolute Gasteiger partial charge is 0.264 e. The molecule has 0 atom stereocenters. The molecular formula is C16H26N2O2S. The third-order valence-corrected chi connectivity index (χ3v) is 4.16. The Morgan fingerprint density at radius 2 is 1.90 bits per heavy atom. The molecule has 0 radical (unpaired) electrons. The highest BCUT2D eigenvalue weighted by Crippen LogP contribution is 2.29. The first-order valence-electron chi connectivity index (χ1n) is 7.19. The lowest BCUT2D eigenvalue weighted by atomic mass is 9.96. The molecule has 1 heterocycles. The number of aryl methyl sites for hydroxylation is 1. The minimum absolute atomic E-state index is 0.0162. The summed E-state index contributed by atoms with van der Waals surface area (Å²) in [5.41, 5.74) is 0.459. The number of carbonyl (C=O) groups is 2. The zero-order valence-electron chi connectivity index (χ0n) is 14.0. The summed E-state index contributed by atoms with van der Waals surface area (Å²) in [4.78, 5) is 26.9. The van der Waals surface area contributed by atoms with Gasteiger partial charge in [-0.25, -0.2) is 0 Å². The van der Waals surface area contributed by atoms with E-state index in [2.05, 4.69) is 19.2 Å². The number of rotatable bonds is 4. The Balaban J connectivity index is 2.88. The summed E-state index contributed by atoms with van der Waals surface area (Å²) in [6, 6.07) is 1.87. The van der Waals surface area contributed by atoms with Crippen LogP contribution in [0.5, 0.6) is 0 Å². The van der Waals surface area contributed by atoms with Crippen molar-refractivity contribution < 1.29 is 9.59 Å². The molecule has 2 amide bonds. The number of anilines is 1. The van der Waals surface area contributed by atoms with Crippen LogP contribution in [0.4, 0.5) is 5.00 Å². The van der Waals surface area contributed by atoms with Gasteiger partial charge in [-0.2, -0.15) is 0 Å². The van der Waals surface area contributed by atoms with Crippen LogP contribution >= 0.6 is 11.3 Å². The third-order valence-electron chi connectivity index (χ3n) is 3.02. The zero-order chi connectivity index (χ0) is 16.4. The molecule has 0 fully saturated rings. The van der Waals surface area contributed by atoms with E-state index in [4.69, 9.17) is 0 Å². The lowest BCUT2D eigenvalue weighted by Gasteiger charge is -2.19. The van der Waals surface area contributed by atoms with E-state index in [0.717, 1.165) is 17.1 Å². The lowest BCUT2D eigenvalue weighted by Crippen LogP contribution is -2.30. The zero-order valence-corrected chi connectivity index (χ0v) is 14.9. The molecular weight excluding hydrogens is 284 g/mol. The molecule has 0 saturated heterocycles. The first kappa shape index (κ1) is 17.7. The van der Waals surface area contributed by atoms with Gasteiger partial charge in [-0.3, -0.25) is 9.59 Å². The molecule has 0 saturated carbocycles. The van der Waals surface area contributed by atoms with Gasteiger partial charge in [0.1, 0.15) is 0 Å². The molecule has 5 heteroatoms. The van der Waals surface area contributed by atoms with Gasteiger partial charge >= 0.3 is 0 Å². The number of nitrogens with one attached hydrogen (secondary N) is 1. The van der Waals surface area contributed by atoms with Gasteiger partial charge < -0.3 is 10.2 Å². The Labute approximate surface area is 131 Å². The topological polar surface area (TPSA) is 49.4 Å². The number of nitrogens with zero attached hydrogens (tertiary/aromatic N) is 1. The van der Waals surface area contributed by atoms with Crippen LogP contribution in [0.3, 0.4) is 0 Å². The van der Waals surface area contributed by atoms with Crippen LogP contribution in [0, 0.1) is 18.3 Å². The Kier molecular flexibility index (Phi) is 5.56. The number of carbonyl (C=O) groups excluding carboxylic acids is 2. The van der Waals surface area contributed by atoms with Crippen molar-refractivity contribution in [2.75, 3.05) is 18.9 Å². The first-order chi connectivity index (χ1) is 9.52. The van der Waals surface area contributed by atoms with Gasteiger partial charge in [0.2, 0.25) is 5.91 Å². The van der Waals surface area contributed by atoms with Gasteiger partial charge in [-0.1, -0.05) is 34.6 Å². The van der Waals surface area contributed by atoms with E-state index in [9.17, 15) is 9.59 Å². The van der Waals surface area contributed by atoms with Crippen molar-refractivity contribution in [1.82, 2.24) is 4.90 Å². The molecule has 0 aliphatic rings. The first-order valence-corrected chi connectivity index (χ1v) is 8.01. The second kappa shape index (κ2) is 6.60. The molecule has 1 rings (SSSR count). The van der Waals surface area contributed by atoms with E-state index >= 15 is 0 Å². The van der Waals surface area contributed by atoms with E-state index in [-0.39, 0.29) is 11.8 Å². The van der Waals surface area contributed by atoms with Crippen LogP contribution in [0.15, 0.2) is 6.07 Å². The van der Waals surface area contributed by atoms with E-state index < -0.39 is 5.41 Å². The molecule has 0 aliphatic carbocycles. The summed E-state index contributed by atoms with van der Waals surface area (Å²) in [6.07, 6.45) is 0. The standard InChI is InChI=1S/C16H26N2O2S/c1-10(2)9-18(7)14(19)13-11(3)8-12(21-13)17-15(20)16(4,5)6/h8,10H,9H2,1-7H3,(H,17,20). The second-order valence-corrected chi connectivity index (χ2v) is 7.96. The number of hydrogen-bond acceptors (Lipinski definition) is 3. The summed E-state index contributed by atoms with van der Waals surface area (Å²) in [5, 5.41) is 3.62. The fourth-order valence-corrected chi connectivity index (χ4v) is 2.92. The fourth-order valence-electron chi connectivity index (χ4n) is 1.86. The molecule has 0 unspecified atom stereocenters. The third kappa shape index (κ3) is 4.84. The minimum atomic E-state index is -0.448. The summed E-state index contributed by atoms with van der Waals surface area (Å²) in [5.74, 6) is 0.403. The molecule has 0 spiro atoms. The number of amides is 2. The van der Waals surface area contributed by atoms with Crippen molar-refractivity contribution in [3.63, 3.8) is 0 Å². The van der Waals surface area contributed by atoms with Gasteiger partial charge in [0.25, 0.3) is 5.91 Å². The molecule has 0 aliphatic heterocycles. The average Bonchev–Trinajstić information content (AvgIpc) is 2.67. The van der Waals surface area contributed by atoms with Crippen LogP contribution in [-0.2, 0) is 4.79 Å². The Morgan fingerprint density at radius 1 is 1.33 bits per heavy atom. The largest absolute Gasteiger partial charge is 0.341 e. The molecule has 1 aromatic heterocycles. The van der Waals surface area contributed by atoms with Crippen molar-refractivity contribution in [2.45, 2.75) is 41.5 Å². The SMILES string of the molecule is Cc1cc(NC(=O)C(C)(C)C)sc1C(=O)N(C)CC(C)C. The van der Waals surface area contributed by atoms with Crippen LogP contribution in [0.1, 0.15) is 49.9 Å². The number of thiophene rings is 1. The predicted octanol–water partition coefficient (Wildman–Crippen LogP) is 3.77. The van der Waals surface area contributed by atoms with Crippen LogP contribution in [-0.4, -0.2) is 30.3 Å². The Hall–Kier alpha value is -1.36. The summed E-state index contributed by atoms with van der Waals surface area (Å²) in [7, 11) is 1.81. The van der Waals surface area contributed by atoms with Crippen molar-refractivity contribution in [1.29, 1.82) is 0 Å². The van der Waals surface area contributed by atoms with Crippen LogP contribution in [0.25, 0.3) is 0 Å². The van der Waals surface area contributed by atoms with Crippen molar-refractivity contribution in [3.05, 3.63) is 16.5 Å². The summed E-state index contributed by atoms with van der Waals surface area (Å²) in [6.45, 7) is 12.4. The van der Waals surface area contributed by atoms with Gasteiger partial charge in [0, 0.05) is 19.0 Å². The van der Waals surface area contributed by atoms with Gasteiger partial charge in [0.15, 0.2) is 0 Å². The fraction of sp³-hybridized carbons (Fsp3) is 0.625. The molecule has 21 heavy (non-hydrogen) atoms. The maximum Gasteiger partial charge on any atom is 0.264 e. The molecule has 118 valence electrons. The highest BCUT2D eigenvalue weighted by Gasteiger charge is 2.23. The molecule has 1 N–H and O–H groups in total. The van der Waals surface area contributed by atoms with Crippen molar-refractivity contribution >= 4 is 28.2 Å². The minimum Gasteiger partial charge on any atom is -0.341 e. The molecule has 1 aromatic rings. The summed E-state index contributed by atoms with van der Waals surface area (Å²) >= 11 is 1.34. The second-order valence-electron chi connectivity index (χ2n) is 6.91. The van der Waals surface area contributed by atoms with E-state index in [1.54, 1.807) is 4.90 Å². The van der Waals surface area contributed by atoms with Crippen LogP contribution in [0.2, 0.25) is 0 Å². The highest BCUT2D eigenvalue weighted by molar-refractivity contribution is 7.18. The van der Waals surface area contributed by atoms with Crippen molar-refractivity contribution in [3.8, 4) is 0 Å². The van der Waals surface area contributed by atoms with E-state index in [1.165, 1.54) is 11.3 Å². The quantitative estimate of drug-likeness (QED) is 0.920. The Bertz CT molecular complexity index is 527. The van der Waals surface area contributed by atoms with Crippen LogP contribution < -0.4 is 5.32 Å². The van der Waals surface area contributed by atoms with Crippen molar-refractivity contribution in [2.24, 2.45) is 11.3 Å². The van der Waals surface area contributed by atoms with Gasteiger partial charge in [-0.05, 0) is 24.5 Å². The maximum absolute atomic E-state index is 12.4.